The lowest BCUT2D eigenvalue weighted by Gasteiger charge is -2.00. The fourth-order valence-electron chi connectivity index (χ4n) is 2.21. The van der Waals surface area contributed by atoms with Gasteiger partial charge in [0.1, 0.15) is 11.4 Å². The van der Waals surface area contributed by atoms with Crippen molar-refractivity contribution in [2.45, 2.75) is 6.92 Å². The molecule has 0 unspecified atom stereocenters. The lowest BCUT2D eigenvalue weighted by molar-refractivity contribution is -0.131. The topological polar surface area (TPSA) is 83.5 Å². The number of aromatic nitrogens is 1. The summed E-state index contributed by atoms with van der Waals surface area (Å²) in [6.07, 6.45) is 1.51. The molecule has 120 valence electrons. The minimum Gasteiger partial charge on any atom is -0.427 e. The van der Waals surface area contributed by atoms with E-state index in [0.29, 0.717) is 11.4 Å². The number of aromatic amines is 1. The summed E-state index contributed by atoms with van der Waals surface area (Å²) in [5.41, 5.74) is 4.57. The Kier molecular flexibility index (Phi) is 4.38. The van der Waals surface area contributed by atoms with Crippen molar-refractivity contribution in [3.05, 3.63) is 65.9 Å². The van der Waals surface area contributed by atoms with Crippen LogP contribution in [-0.2, 0) is 4.79 Å². The molecular weight excluding hydrogens is 306 g/mol. The molecule has 0 fully saturated rings. The zero-order valence-corrected chi connectivity index (χ0v) is 12.9. The van der Waals surface area contributed by atoms with Gasteiger partial charge in [-0.3, -0.25) is 9.59 Å². The third-order valence-corrected chi connectivity index (χ3v) is 3.30. The van der Waals surface area contributed by atoms with Gasteiger partial charge in [0.05, 0.1) is 6.21 Å². The van der Waals surface area contributed by atoms with E-state index >= 15 is 0 Å². The first-order valence-electron chi connectivity index (χ1n) is 7.31. The fraction of sp³-hybridized carbons (Fsp3) is 0.0556. The highest BCUT2D eigenvalue weighted by molar-refractivity contribution is 5.98. The molecule has 0 saturated carbocycles. The predicted molar refractivity (Wildman–Crippen MR) is 91.1 cm³/mol. The Labute approximate surface area is 138 Å². The van der Waals surface area contributed by atoms with Crippen molar-refractivity contribution in [1.29, 1.82) is 0 Å². The van der Waals surface area contributed by atoms with Crippen LogP contribution < -0.4 is 10.2 Å². The zero-order valence-electron chi connectivity index (χ0n) is 12.9. The molecule has 0 aliphatic heterocycles. The van der Waals surface area contributed by atoms with E-state index in [9.17, 15) is 9.59 Å². The van der Waals surface area contributed by atoms with Gasteiger partial charge in [-0.1, -0.05) is 18.2 Å². The van der Waals surface area contributed by atoms with E-state index in [1.807, 2.05) is 24.3 Å². The SMILES string of the molecule is CC(=O)Oc1ccc(/C=N/NC(=O)c2cc3ccccc3[nH]2)cc1. The van der Waals surface area contributed by atoms with E-state index in [4.69, 9.17) is 4.74 Å². The number of hydrogen-bond acceptors (Lipinski definition) is 4. The van der Waals surface area contributed by atoms with Crippen LogP contribution in [0, 0.1) is 0 Å². The Bertz CT molecular complexity index is 878. The summed E-state index contributed by atoms with van der Waals surface area (Å²) in [6, 6.07) is 16.2. The normalized spacial score (nSPS) is 10.9. The minimum absolute atomic E-state index is 0.320. The number of hydrogen-bond donors (Lipinski definition) is 2. The van der Waals surface area contributed by atoms with Gasteiger partial charge in [0.15, 0.2) is 0 Å². The van der Waals surface area contributed by atoms with Gasteiger partial charge < -0.3 is 9.72 Å². The molecule has 3 rings (SSSR count). The highest BCUT2D eigenvalue weighted by Gasteiger charge is 2.07. The molecule has 1 aromatic heterocycles. The van der Waals surface area contributed by atoms with Crippen LogP contribution in [0.2, 0.25) is 0 Å². The smallest absolute Gasteiger partial charge is 0.308 e. The highest BCUT2D eigenvalue weighted by Crippen LogP contribution is 2.14. The van der Waals surface area contributed by atoms with Gasteiger partial charge in [0.2, 0.25) is 0 Å². The van der Waals surface area contributed by atoms with Crippen molar-refractivity contribution in [1.82, 2.24) is 10.4 Å². The van der Waals surface area contributed by atoms with Crippen LogP contribution in [0.3, 0.4) is 0 Å². The van der Waals surface area contributed by atoms with E-state index in [1.165, 1.54) is 13.1 Å². The predicted octanol–water partition coefficient (Wildman–Crippen LogP) is 2.86. The number of para-hydroxylation sites is 1. The van der Waals surface area contributed by atoms with Gasteiger partial charge >= 0.3 is 5.97 Å². The summed E-state index contributed by atoms with van der Waals surface area (Å²) in [5, 5.41) is 4.89. The van der Waals surface area contributed by atoms with Gasteiger partial charge in [0, 0.05) is 17.8 Å². The molecule has 0 atom stereocenters. The van der Waals surface area contributed by atoms with Gasteiger partial charge in [-0.2, -0.15) is 5.10 Å². The first kappa shape index (κ1) is 15.5. The first-order valence-corrected chi connectivity index (χ1v) is 7.31. The highest BCUT2D eigenvalue weighted by atomic mass is 16.5. The lowest BCUT2D eigenvalue weighted by atomic mass is 10.2. The first-order chi connectivity index (χ1) is 11.6. The Hall–Kier alpha value is -3.41. The van der Waals surface area contributed by atoms with Crippen molar-refractivity contribution in [2.24, 2.45) is 5.10 Å². The molecule has 0 spiro atoms. The molecule has 6 nitrogen and oxygen atoms in total. The number of rotatable bonds is 4. The standard InChI is InChI=1S/C18H15N3O3/c1-12(22)24-15-8-6-13(7-9-15)11-19-21-18(23)17-10-14-4-2-3-5-16(14)20-17/h2-11,20H,1H3,(H,21,23)/b19-11+. The number of nitrogens with zero attached hydrogens (tertiary/aromatic N) is 1. The van der Waals surface area contributed by atoms with Crippen molar-refractivity contribution in [3.63, 3.8) is 0 Å². The maximum atomic E-state index is 12.1. The number of carbonyl (C=O) groups excluding carboxylic acids is 2. The molecule has 24 heavy (non-hydrogen) atoms. The van der Waals surface area contributed by atoms with Crippen LogP contribution >= 0.6 is 0 Å². The Balaban J connectivity index is 1.62. The molecule has 0 aliphatic rings. The minimum atomic E-state index is -0.373. The maximum absolute atomic E-state index is 12.1. The second-order valence-electron chi connectivity index (χ2n) is 5.13. The second kappa shape index (κ2) is 6.78. The van der Waals surface area contributed by atoms with E-state index < -0.39 is 0 Å². The summed E-state index contributed by atoms with van der Waals surface area (Å²) in [7, 11) is 0. The number of nitrogens with one attached hydrogen (secondary N) is 2. The number of amides is 1. The van der Waals surface area contributed by atoms with Crippen molar-refractivity contribution in [3.8, 4) is 5.75 Å². The maximum Gasteiger partial charge on any atom is 0.308 e. The molecule has 0 aliphatic carbocycles. The van der Waals surface area contributed by atoms with Crippen LogP contribution in [0.1, 0.15) is 23.0 Å². The van der Waals surface area contributed by atoms with Crippen LogP contribution in [0.25, 0.3) is 10.9 Å². The lowest BCUT2D eigenvalue weighted by Crippen LogP contribution is -2.17. The number of ether oxygens (including phenoxy) is 1. The van der Waals surface area contributed by atoms with Crippen LogP contribution in [-0.4, -0.2) is 23.1 Å². The Morgan fingerprint density at radius 3 is 2.58 bits per heavy atom. The van der Waals surface area contributed by atoms with Gasteiger partial charge in [-0.15, -0.1) is 0 Å². The average Bonchev–Trinajstić information content (AvgIpc) is 3.00. The third kappa shape index (κ3) is 3.67. The average molecular weight is 321 g/mol. The molecule has 6 heteroatoms. The van der Waals surface area contributed by atoms with Gasteiger partial charge in [-0.25, -0.2) is 5.43 Å². The van der Waals surface area contributed by atoms with E-state index in [-0.39, 0.29) is 11.9 Å². The fourth-order valence-corrected chi connectivity index (χ4v) is 2.21. The summed E-state index contributed by atoms with van der Waals surface area (Å²) in [5.74, 6) is -0.234. The summed E-state index contributed by atoms with van der Waals surface area (Å²) < 4.78 is 4.94. The van der Waals surface area contributed by atoms with Crippen LogP contribution in [0.15, 0.2) is 59.7 Å². The Morgan fingerprint density at radius 1 is 1.12 bits per heavy atom. The van der Waals surface area contributed by atoms with Gasteiger partial charge in [-0.05, 0) is 42.0 Å². The summed E-state index contributed by atoms with van der Waals surface area (Å²) in [4.78, 5) is 25.9. The number of benzene rings is 2. The molecule has 1 amide bonds. The molecule has 2 aromatic carbocycles. The van der Waals surface area contributed by atoms with E-state index in [2.05, 4.69) is 15.5 Å². The van der Waals surface area contributed by atoms with E-state index in [1.54, 1.807) is 30.3 Å². The number of carbonyl (C=O) groups is 2. The van der Waals surface area contributed by atoms with Crippen molar-refractivity contribution < 1.29 is 14.3 Å². The van der Waals surface area contributed by atoms with Crippen molar-refractivity contribution >= 4 is 29.0 Å². The molecular formula is C18H15N3O3. The quantitative estimate of drug-likeness (QED) is 0.335. The number of hydrazone groups is 1. The third-order valence-electron chi connectivity index (χ3n) is 3.30. The van der Waals surface area contributed by atoms with E-state index in [0.717, 1.165) is 16.5 Å². The Morgan fingerprint density at radius 2 is 1.88 bits per heavy atom. The number of H-pyrrole nitrogens is 1. The molecule has 0 saturated heterocycles. The molecule has 0 radical (unpaired) electrons. The molecule has 2 N–H and O–H groups in total. The monoisotopic (exact) mass is 321 g/mol. The van der Waals surface area contributed by atoms with Crippen LogP contribution in [0.4, 0.5) is 0 Å². The van der Waals surface area contributed by atoms with Crippen LogP contribution in [0.5, 0.6) is 5.75 Å². The number of esters is 1. The van der Waals surface area contributed by atoms with Crippen molar-refractivity contribution in [2.75, 3.05) is 0 Å². The second-order valence-corrected chi connectivity index (χ2v) is 5.13. The van der Waals surface area contributed by atoms with Gasteiger partial charge in [0.25, 0.3) is 5.91 Å². The largest absolute Gasteiger partial charge is 0.427 e. The summed E-state index contributed by atoms with van der Waals surface area (Å²) >= 11 is 0. The molecule has 0 bridgehead atoms. The molecule has 3 aromatic rings. The zero-order chi connectivity index (χ0) is 16.9. The molecule has 1 heterocycles. The number of fused-ring (bicyclic) bond motifs is 1. The summed E-state index contributed by atoms with van der Waals surface area (Å²) in [6.45, 7) is 1.34.